The van der Waals surface area contributed by atoms with E-state index in [4.69, 9.17) is 4.74 Å². The molecule has 1 aromatic rings. The summed E-state index contributed by atoms with van der Waals surface area (Å²) in [6.45, 7) is 3.55. The third-order valence-corrected chi connectivity index (χ3v) is 5.91. The van der Waals surface area contributed by atoms with Crippen LogP contribution in [0.2, 0.25) is 0 Å². The van der Waals surface area contributed by atoms with Crippen LogP contribution in [-0.4, -0.2) is 56.7 Å². The van der Waals surface area contributed by atoms with E-state index in [1.165, 1.54) is 11.1 Å². The Labute approximate surface area is 174 Å². The zero-order chi connectivity index (χ0) is 22.2. The minimum Gasteiger partial charge on any atom is -0.510 e. The van der Waals surface area contributed by atoms with Gasteiger partial charge in [0.25, 0.3) is 0 Å². The highest BCUT2D eigenvalue weighted by molar-refractivity contribution is 5.90. The van der Waals surface area contributed by atoms with Crippen LogP contribution in [0.25, 0.3) is 0 Å². The number of phenols is 1. The molecule has 7 nitrogen and oxygen atoms in total. The van der Waals surface area contributed by atoms with Crippen molar-refractivity contribution in [2.75, 3.05) is 13.7 Å². The predicted molar refractivity (Wildman–Crippen MR) is 104 cm³/mol. The van der Waals surface area contributed by atoms with Gasteiger partial charge in [0, 0.05) is 19.2 Å². The number of benzene rings is 1. The summed E-state index contributed by atoms with van der Waals surface area (Å²) in [6.07, 6.45) is 1.05. The van der Waals surface area contributed by atoms with Crippen molar-refractivity contribution in [1.29, 1.82) is 0 Å². The van der Waals surface area contributed by atoms with Crippen molar-refractivity contribution in [3.63, 3.8) is 0 Å². The van der Waals surface area contributed by atoms with Gasteiger partial charge in [-0.05, 0) is 24.8 Å². The number of aromatic hydroxyl groups is 1. The fourth-order valence-electron chi connectivity index (χ4n) is 4.20. The van der Waals surface area contributed by atoms with Gasteiger partial charge in [-0.3, -0.25) is 0 Å². The highest BCUT2D eigenvalue weighted by atomic mass is 19.2. The molecule has 1 saturated carbocycles. The fraction of sp³-hybridized carbons (Fsp3) is 0.571. The lowest BCUT2D eigenvalue weighted by Gasteiger charge is -2.50. The average Bonchev–Trinajstić information content (AvgIpc) is 3.19. The molecule has 1 aliphatic carbocycles. The van der Waals surface area contributed by atoms with E-state index < -0.39 is 35.1 Å². The number of rotatable bonds is 5. The fourth-order valence-corrected chi connectivity index (χ4v) is 4.20. The number of ether oxygens (including phenoxy) is 1. The van der Waals surface area contributed by atoms with Crippen LogP contribution in [0.1, 0.15) is 45.1 Å². The Hall–Kier alpha value is -2.23. The summed E-state index contributed by atoms with van der Waals surface area (Å²) in [4.78, 5) is 12.7. The Balaban J connectivity index is 2.01. The van der Waals surface area contributed by atoms with Gasteiger partial charge in [-0.25, -0.2) is 19.2 Å². The molecule has 3 rings (SSSR count). The lowest BCUT2D eigenvalue weighted by molar-refractivity contribution is -0.189. The van der Waals surface area contributed by atoms with E-state index in [2.05, 4.69) is 0 Å². The van der Waals surface area contributed by atoms with Crippen molar-refractivity contribution in [2.24, 2.45) is 5.92 Å². The molecule has 1 spiro atoms. The third kappa shape index (κ3) is 3.77. The van der Waals surface area contributed by atoms with E-state index in [0.29, 0.717) is 12.8 Å². The highest BCUT2D eigenvalue weighted by Crippen LogP contribution is 2.46. The average molecular weight is 426 g/mol. The Kier molecular flexibility index (Phi) is 6.35. The van der Waals surface area contributed by atoms with Crippen molar-refractivity contribution in [2.45, 2.75) is 57.8 Å². The largest absolute Gasteiger partial charge is 0.510 e. The molecular weight excluding hydrogens is 398 g/mol. The van der Waals surface area contributed by atoms with Gasteiger partial charge in [0.1, 0.15) is 11.3 Å². The summed E-state index contributed by atoms with van der Waals surface area (Å²) in [5.74, 6) is -4.45. The zero-order valence-corrected chi connectivity index (χ0v) is 17.4. The van der Waals surface area contributed by atoms with Crippen molar-refractivity contribution in [3.8, 4) is 5.75 Å². The number of aliphatic hydroxyl groups is 2. The number of phenolic OH excluding ortho intramolecular Hbond substituents is 1. The number of hydrazine groups is 1. The summed E-state index contributed by atoms with van der Waals surface area (Å²) >= 11 is 0. The van der Waals surface area contributed by atoms with Gasteiger partial charge in [-0.2, -0.15) is 4.39 Å². The third-order valence-electron chi connectivity index (χ3n) is 5.91. The summed E-state index contributed by atoms with van der Waals surface area (Å²) in [5.41, 5.74) is -1.33. The molecule has 0 amide bonds. The maximum Gasteiger partial charge on any atom is 0.341 e. The van der Waals surface area contributed by atoms with Gasteiger partial charge in [0.15, 0.2) is 17.8 Å². The number of nitrogens with zero attached hydrogens (tertiary/aromatic N) is 2. The molecule has 2 aliphatic rings. The number of carbonyl (C=O) groups is 1. The van der Waals surface area contributed by atoms with E-state index in [9.17, 15) is 28.9 Å². The van der Waals surface area contributed by atoms with E-state index in [1.807, 2.05) is 13.8 Å². The van der Waals surface area contributed by atoms with Crippen molar-refractivity contribution >= 4 is 5.97 Å². The number of aliphatic hydroxyl groups excluding tert-OH is 2. The number of esters is 1. The van der Waals surface area contributed by atoms with Crippen LogP contribution >= 0.6 is 0 Å². The van der Waals surface area contributed by atoms with E-state index in [1.54, 1.807) is 12.1 Å². The predicted octanol–water partition coefficient (Wildman–Crippen LogP) is 2.98. The maximum atomic E-state index is 14.4. The van der Waals surface area contributed by atoms with Gasteiger partial charge in [0.05, 0.1) is 12.1 Å². The van der Waals surface area contributed by atoms with Crippen LogP contribution in [0.3, 0.4) is 0 Å². The van der Waals surface area contributed by atoms with Crippen molar-refractivity contribution in [1.82, 2.24) is 10.0 Å². The van der Waals surface area contributed by atoms with Gasteiger partial charge < -0.3 is 20.1 Å². The van der Waals surface area contributed by atoms with Crippen LogP contribution in [0, 0.1) is 17.6 Å². The molecule has 166 valence electrons. The first-order chi connectivity index (χ1) is 14.1. The Morgan fingerprint density at radius 2 is 1.87 bits per heavy atom. The second-order valence-electron chi connectivity index (χ2n) is 8.36. The molecule has 1 unspecified atom stereocenters. The van der Waals surface area contributed by atoms with Gasteiger partial charge in [-0.1, -0.05) is 32.8 Å². The molecule has 1 fully saturated rings. The first-order valence-corrected chi connectivity index (χ1v) is 10.0. The molecule has 1 aliphatic heterocycles. The van der Waals surface area contributed by atoms with E-state index >= 15 is 0 Å². The SMILES string of the molecule is CC(C)COC(=O)C1=C(O)C2(CCCC2)N(C)N(Cc2ccc(O)c(F)c2F)C1O. The van der Waals surface area contributed by atoms with Gasteiger partial charge >= 0.3 is 5.97 Å². The summed E-state index contributed by atoms with van der Waals surface area (Å²) in [7, 11) is 1.63. The molecule has 9 heteroatoms. The Bertz CT molecular complexity index is 852. The lowest BCUT2D eigenvalue weighted by atomic mass is 9.88. The molecule has 1 heterocycles. The van der Waals surface area contributed by atoms with Crippen LogP contribution in [-0.2, 0) is 16.1 Å². The monoisotopic (exact) mass is 426 g/mol. The van der Waals surface area contributed by atoms with E-state index in [-0.39, 0.29) is 36.0 Å². The first-order valence-electron chi connectivity index (χ1n) is 10.0. The van der Waals surface area contributed by atoms with Gasteiger partial charge in [-0.15, -0.1) is 0 Å². The molecular formula is C21H28F2N2O5. The normalized spacial score (nSPS) is 22.3. The summed E-state index contributed by atoms with van der Waals surface area (Å²) in [5, 5.41) is 34.2. The maximum absolute atomic E-state index is 14.4. The molecule has 30 heavy (non-hydrogen) atoms. The number of likely N-dealkylation sites (N-methyl/N-ethyl adjacent to an activating group) is 1. The summed E-state index contributed by atoms with van der Waals surface area (Å²) in [6, 6.07) is 2.24. The molecule has 0 bridgehead atoms. The molecule has 0 aromatic heterocycles. The zero-order valence-electron chi connectivity index (χ0n) is 17.4. The molecule has 1 aromatic carbocycles. The summed E-state index contributed by atoms with van der Waals surface area (Å²) < 4.78 is 33.5. The molecule has 3 N–H and O–H groups in total. The van der Waals surface area contributed by atoms with Crippen molar-refractivity contribution in [3.05, 3.63) is 40.7 Å². The lowest BCUT2D eigenvalue weighted by Crippen LogP contribution is -2.63. The minimum atomic E-state index is -1.61. The van der Waals surface area contributed by atoms with Crippen LogP contribution in [0.15, 0.2) is 23.5 Å². The quantitative estimate of drug-likeness (QED) is 0.624. The molecule has 0 radical (unpaired) electrons. The Morgan fingerprint density at radius 3 is 2.47 bits per heavy atom. The topological polar surface area (TPSA) is 93.5 Å². The van der Waals surface area contributed by atoms with Gasteiger partial charge in [0.2, 0.25) is 5.82 Å². The number of hydrogen-bond donors (Lipinski definition) is 3. The standard InChI is InChI=1S/C21H28F2N2O5/c1-12(2)11-30-20(29)15-18(27)21(8-4-5-9-21)24(3)25(19(15)28)10-13-6-7-14(26)17(23)16(13)22/h6-7,12,19,26-28H,4-5,8-11H2,1-3H3. The molecule has 0 saturated heterocycles. The highest BCUT2D eigenvalue weighted by Gasteiger charge is 2.53. The molecule has 1 atom stereocenters. The second kappa shape index (κ2) is 8.49. The van der Waals surface area contributed by atoms with Crippen molar-refractivity contribution < 1.29 is 33.6 Å². The number of carbonyl (C=O) groups excluding carboxylic acids is 1. The van der Waals surface area contributed by atoms with Crippen LogP contribution in [0.4, 0.5) is 8.78 Å². The number of hydrogen-bond acceptors (Lipinski definition) is 7. The van der Waals surface area contributed by atoms with Crippen LogP contribution in [0.5, 0.6) is 5.75 Å². The second-order valence-corrected chi connectivity index (χ2v) is 8.36. The smallest absolute Gasteiger partial charge is 0.341 e. The van der Waals surface area contributed by atoms with Crippen LogP contribution < -0.4 is 0 Å². The van der Waals surface area contributed by atoms with E-state index in [0.717, 1.165) is 18.9 Å². The Morgan fingerprint density at radius 1 is 1.23 bits per heavy atom. The number of halogens is 2. The minimum absolute atomic E-state index is 0.0608. The first kappa shape index (κ1) is 22.5.